The summed E-state index contributed by atoms with van der Waals surface area (Å²) in [5, 5.41) is 0. The van der Waals surface area contributed by atoms with Crippen LogP contribution in [0, 0.1) is 0 Å². The van der Waals surface area contributed by atoms with Gasteiger partial charge in [-0.2, -0.15) is 0 Å². The minimum Gasteiger partial charge on any atom is -0.389 e. The van der Waals surface area contributed by atoms with Gasteiger partial charge >= 0.3 is 0 Å². The largest absolute Gasteiger partial charge is 0.389 e. The summed E-state index contributed by atoms with van der Waals surface area (Å²) in [5.74, 6) is 0. The summed E-state index contributed by atoms with van der Waals surface area (Å²) < 4.78 is 0. The average Bonchev–Trinajstić information content (AvgIpc) is 3.01. The van der Waals surface area contributed by atoms with Crippen LogP contribution in [-0.2, 0) is 6.54 Å². The Morgan fingerprint density at radius 1 is 1.47 bits per heavy atom. The van der Waals surface area contributed by atoms with Gasteiger partial charge in [0.1, 0.15) is 4.99 Å². The average molecular weight is 220 g/mol. The van der Waals surface area contributed by atoms with E-state index in [1.165, 1.54) is 18.4 Å². The molecule has 1 saturated carbocycles. The Balaban J connectivity index is 2.15. The highest BCUT2D eigenvalue weighted by Gasteiger charge is 2.26. The van der Waals surface area contributed by atoms with Gasteiger partial charge in [-0.1, -0.05) is 36.5 Å². The van der Waals surface area contributed by atoms with Gasteiger partial charge in [0, 0.05) is 18.2 Å². The van der Waals surface area contributed by atoms with E-state index in [4.69, 9.17) is 18.0 Å². The van der Waals surface area contributed by atoms with Crippen molar-refractivity contribution in [1.82, 2.24) is 4.90 Å². The highest BCUT2D eigenvalue weighted by molar-refractivity contribution is 7.80. The van der Waals surface area contributed by atoms with E-state index in [1.807, 2.05) is 18.2 Å². The molecule has 0 atom stereocenters. The topological polar surface area (TPSA) is 29.3 Å². The van der Waals surface area contributed by atoms with E-state index in [-0.39, 0.29) is 0 Å². The van der Waals surface area contributed by atoms with Crippen molar-refractivity contribution < 1.29 is 0 Å². The molecule has 15 heavy (non-hydrogen) atoms. The van der Waals surface area contributed by atoms with Crippen LogP contribution in [0.25, 0.3) is 0 Å². The van der Waals surface area contributed by atoms with Crippen LogP contribution in [0.3, 0.4) is 0 Å². The summed E-state index contributed by atoms with van der Waals surface area (Å²) in [6.45, 7) is 0.943. The van der Waals surface area contributed by atoms with Crippen LogP contribution in [0.1, 0.15) is 24.0 Å². The van der Waals surface area contributed by atoms with Crippen molar-refractivity contribution in [3.63, 3.8) is 0 Å². The molecular weight excluding hydrogens is 204 g/mol. The van der Waals surface area contributed by atoms with E-state index in [1.54, 1.807) is 0 Å². The molecule has 3 heteroatoms. The zero-order valence-corrected chi connectivity index (χ0v) is 9.76. The Labute approximate surface area is 96.1 Å². The smallest absolute Gasteiger partial charge is 0.104 e. The number of hydrogen-bond donors (Lipinski definition) is 1. The zero-order chi connectivity index (χ0) is 10.8. The first kappa shape index (κ1) is 10.6. The van der Waals surface area contributed by atoms with Gasteiger partial charge in [0.05, 0.1) is 0 Å². The SMILES string of the molecule is CN(Cc1ccccc1C(N)=S)C1CC1. The predicted octanol–water partition coefficient (Wildman–Crippen LogP) is 1.92. The van der Waals surface area contributed by atoms with Crippen molar-refractivity contribution in [1.29, 1.82) is 0 Å². The van der Waals surface area contributed by atoms with Crippen molar-refractivity contribution in [2.45, 2.75) is 25.4 Å². The minimum atomic E-state index is 0.495. The number of benzene rings is 1. The molecule has 1 aliphatic carbocycles. The highest BCUT2D eigenvalue weighted by atomic mass is 32.1. The number of nitrogens with zero attached hydrogens (tertiary/aromatic N) is 1. The van der Waals surface area contributed by atoms with Crippen LogP contribution in [-0.4, -0.2) is 23.0 Å². The fraction of sp³-hybridized carbons (Fsp3) is 0.417. The Kier molecular flexibility index (Phi) is 3.03. The predicted molar refractivity (Wildman–Crippen MR) is 66.8 cm³/mol. The lowest BCUT2D eigenvalue weighted by Crippen LogP contribution is -2.22. The number of thiocarbonyl (C=S) groups is 1. The Morgan fingerprint density at radius 2 is 2.13 bits per heavy atom. The molecule has 0 saturated heterocycles. The van der Waals surface area contributed by atoms with Crippen molar-refractivity contribution in [3.8, 4) is 0 Å². The zero-order valence-electron chi connectivity index (χ0n) is 8.94. The van der Waals surface area contributed by atoms with Gasteiger partial charge in [0.15, 0.2) is 0 Å². The molecule has 0 amide bonds. The van der Waals surface area contributed by atoms with Gasteiger partial charge in [-0.3, -0.25) is 4.90 Å². The standard InChI is InChI=1S/C12H16N2S/c1-14(10-6-7-10)8-9-4-2-3-5-11(9)12(13)15/h2-5,10H,6-8H2,1H3,(H2,13,15). The van der Waals surface area contributed by atoms with Gasteiger partial charge in [0.2, 0.25) is 0 Å². The monoisotopic (exact) mass is 220 g/mol. The fourth-order valence-electron chi connectivity index (χ4n) is 1.81. The molecule has 0 heterocycles. The number of rotatable bonds is 4. The lowest BCUT2D eigenvalue weighted by molar-refractivity contribution is 0.316. The fourth-order valence-corrected chi connectivity index (χ4v) is 2.01. The maximum atomic E-state index is 5.69. The van der Waals surface area contributed by atoms with Crippen LogP contribution in [0.5, 0.6) is 0 Å². The van der Waals surface area contributed by atoms with Gasteiger partial charge in [-0.05, 0) is 25.5 Å². The van der Waals surface area contributed by atoms with E-state index in [0.717, 1.165) is 18.2 Å². The maximum Gasteiger partial charge on any atom is 0.104 e. The Morgan fingerprint density at radius 3 is 2.73 bits per heavy atom. The molecule has 80 valence electrons. The molecule has 1 aromatic carbocycles. The van der Waals surface area contributed by atoms with E-state index in [9.17, 15) is 0 Å². The quantitative estimate of drug-likeness (QED) is 0.786. The molecule has 0 aliphatic heterocycles. The molecule has 0 radical (unpaired) electrons. The first-order valence-electron chi connectivity index (χ1n) is 5.26. The second-order valence-corrected chi connectivity index (χ2v) is 4.61. The van der Waals surface area contributed by atoms with Gasteiger partial charge in [0.25, 0.3) is 0 Å². The molecule has 0 spiro atoms. The third-order valence-corrected chi connectivity index (χ3v) is 3.09. The van der Waals surface area contributed by atoms with E-state index in [0.29, 0.717) is 4.99 Å². The van der Waals surface area contributed by atoms with Crippen molar-refractivity contribution in [2.75, 3.05) is 7.05 Å². The van der Waals surface area contributed by atoms with Gasteiger partial charge in [-0.25, -0.2) is 0 Å². The number of hydrogen-bond acceptors (Lipinski definition) is 2. The van der Waals surface area contributed by atoms with Crippen molar-refractivity contribution in [2.24, 2.45) is 5.73 Å². The molecule has 2 rings (SSSR count). The van der Waals surface area contributed by atoms with Crippen molar-refractivity contribution >= 4 is 17.2 Å². The van der Waals surface area contributed by atoms with Crippen LogP contribution < -0.4 is 5.73 Å². The normalized spacial score (nSPS) is 15.6. The summed E-state index contributed by atoms with van der Waals surface area (Å²) in [6, 6.07) is 8.89. The Hall–Kier alpha value is -0.930. The molecule has 0 aromatic heterocycles. The van der Waals surface area contributed by atoms with E-state index < -0.39 is 0 Å². The minimum absolute atomic E-state index is 0.495. The molecule has 0 unspecified atom stereocenters. The van der Waals surface area contributed by atoms with Crippen LogP contribution in [0.4, 0.5) is 0 Å². The molecular formula is C12H16N2S. The van der Waals surface area contributed by atoms with Gasteiger partial charge < -0.3 is 5.73 Å². The summed E-state index contributed by atoms with van der Waals surface area (Å²) in [5.41, 5.74) is 7.94. The molecule has 0 bridgehead atoms. The summed E-state index contributed by atoms with van der Waals surface area (Å²) >= 11 is 5.04. The van der Waals surface area contributed by atoms with Crippen LogP contribution in [0.2, 0.25) is 0 Å². The molecule has 2 nitrogen and oxygen atoms in total. The lowest BCUT2D eigenvalue weighted by atomic mass is 10.1. The Bertz CT molecular complexity index is 372. The molecule has 1 aromatic rings. The summed E-state index contributed by atoms with van der Waals surface area (Å²) in [7, 11) is 2.16. The third kappa shape index (κ3) is 2.55. The lowest BCUT2D eigenvalue weighted by Gasteiger charge is -2.17. The second kappa shape index (κ2) is 4.29. The maximum absolute atomic E-state index is 5.69. The molecule has 1 fully saturated rings. The van der Waals surface area contributed by atoms with Gasteiger partial charge in [-0.15, -0.1) is 0 Å². The first-order chi connectivity index (χ1) is 7.18. The highest BCUT2D eigenvalue weighted by Crippen LogP contribution is 2.27. The third-order valence-electron chi connectivity index (χ3n) is 2.87. The van der Waals surface area contributed by atoms with E-state index in [2.05, 4.69) is 18.0 Å². The molecule has 2 N–H and O–H groups in total. The summed E-state index contributed by atoms with van der Waals surface area (Å²) in [4.78, 5) is 2.87. The summed E-state index contributed by atoms with van der Waals surface area (Å²) in [6.07, 6.45) is 2.65. The number of nitrogens with two attached hydrogens (primary N) is 1. The van der Waals surface area contributed by atoms with E-state index >= 15 is 0 Å². The second-order valence-electron chi connectivity index (χ2n) is 4.17. The van der Waals surface area contributed by atoms with Crippen LogP contribution >= 0.6 is 12.2 Å². The molecule has 1 aliphatic rings. The van der Waals surface area contributed by atoms with Crippen molar-refractivity contribution in [3.05, 3.63) is 35.4 Å². The van der Waals surface area contributed by atoms with Crippen LogP contribution in [0.15, 0.2) is 24.3 Å². The first-order valence-corrected chi connectivity index (χ1v) is 5.67.